The molecular formula is C13H13NO. The standard InChI is InChI=1S/C13H13NO/c1-15-8-4-5-11-9-12-6-2-3-7-13(12)14-10-11/h2-7,9-10H,8H2,1H3. The van der Waals surface area contributed by atoms with Crippen molar-refractivity contribution < 1.29 is 4.74 Å². The van der Waals surface area contributed by atoms with Crippen LogP contribution in [0.2, 0.25) is 0 Å². The fourth-order valence-corrected chi connectivity index (χ4v) is 1.46. The van der Waals surface area contributed by atoms with Crippen LogP contribution in [-0.2, 0) is 4.74 Å². The summed E-state index contributed by atoms with van der Waals surface area (Å²) < 4.78 is 4.94. The van der Waals surface area contributed by atoms with Gasteiger partial charge in [0, 0.05) is 18.7 Å². The first-order valence-corrected chi connectivity index (χ1v) is 4.90. The van der Waals surface area contributed by atoms with Crippen LogP contribution < -0.4 is 0 Å². The van der Waals surface area contributed by atoms with Crippen molar-refractivity contribution in [1.82, 2.24) is 4.98 Å². The van der Waals surface area contributed by atoms with Gasteiger partial charge in [-0.05, 0) is 17.7 Å². The average molecular weight is 199 g/mol. The SMILES string of the molecule is COCC=Cc1cnc2ccccc2c1. The maximum atomic E-state index is 4.94. The van der Waals surface area contributed by atoms with Crippen molar-refractivity contribution in [3.8, 4) is 0 Å². The zero-order valence-corrected chi connectivity index (χ0v) is 8.68. The van der Waals surface area contributed by atoms with Gasteiger partial charge >= 0.3 is 0 Å². The van der Waals surface area contributed by atoms with Gasteiger partial charge in [-0.3, -0.25) is 4.98 Å². The third kappa shape index (κ3) is 2.42. The first-order valence-electron chi connectivity index (χ1n) is 4.90. The fraction of sp³-hybridized carbons (Fsp3) is 0.154. The Hall–Kier alpha value is -1.67. The molecule has 0 aliphatic carbocycles. The molecule has 0 atom stereocenters. The van der Waals surface area contributed by atoms with Crippen LogP contribution in [0.1, 0.15) is 5.56 Å². The molecule has 15 heavy (non-hydrogen) atoms. The highest BCUT2D eigenvalue weighted by Gasteiger charge is 1.93. The molecule has 0 fully saturated rings. The van der Waals surface area contributed by atoms with E-state index in [1.807, 2.05) is 36.5 Å². The molecule has 2 nitrogen and oxygen atoms in total. The van der Waals surface area contributed by atoms with E-state index in [2.05, 4.69) is 17.1 Å². The van der Waals surface area contributed by atoms with Crippen molar-refractivity contribution in [2.75, 3.05) is 13.7 Å². The minimum absolute atomic E-state index is 0.632. The molecule has 1 heterocycles. The maximum absolute atomic E-state index is 4.94. The number of nitrogens with zero attached hydrogens (tertiary/aromatic N) is 1. The molecule has 0 unspecified atom stereocenters. The Morgan fingerprint density at radius 3 is 3.07 bits per heavy atom. The van der Waals surface area contributed by atoms with Gasteiger partial charge in [-0.2, -0.15) is 0 Å². The van der Waals surface area contributed by atoms with E-state index in [1.54, 1.807) is 7.11 Å². The van der Waals surface area contributed by atoms with E-state index in [-0.39, 0.29) is 0 Å². The summed E-state index contributed by atoms with van der Waals surface area (Å²) in [5, 5.41) is 1.16. The number of ether oxygens (including phenoxy) is 1. The van der Waals surface area contributed by atoms with Crippen molar-refractivity contribution in [1.29, 1.82) is 0 Å². The average Bonchev–Trinajstić information content (AvgIpc) is 2.29. The Labute approximate surface area is 89.2 Å². The lowest BCUT2D eigenvalue weighted by Crippen LogP contribution is -1.83. The third-order valence-electron chi connectivity index (χ3n) is 2.18. The summed E-state index contributed by atoms with van der Waals surface area (Å²) in [5.74, 6) is 0. The summed E-state index contributed by atoms with van der Waals surface area (Å²) in [5.41, 5.74) is 2.13. The number of para-hydroxylation sites is 1. The molecule has 1 aromatic heterocycles. The van der Waals surface area contributed by atoms with Crippen LogP contribution in [-0.4, -0.2) is 18.7 Å². The van der Waals surface area contributed by atoms with Gasteiger partial charge in [0.25, 0.3) is 0 Å². The highest BCUT2D eigenvalue weighted by Crippen LogP contribution is 2.13. The molecule has 2 rings (SSSR count). The van der Waals surface area contributed by atoms with Gasteiger partial charge in [-0.15, -0.1) is 0 Å². The van der Waals surface area contributed by atoms with Crippen LogP contribution in [0.15, 0.2) is 42.6 Å². The topological polar surface area (TPSA) is 22.1 Å². The van der Waals surface area contributed by atoms with Crippen molar-refractivity contribution in [2.45, 2.75) is 0 Å². The predicted molar refractivity (Wildman–Crippen MR) is 62.7 cm³/mol. The van der Waals surface area contributed by atoms with Crippen LogP contribution in [0.25, 0.3) is 17.0 Å². The Morgan fingerprint density at radius 2 is 2.20 bits per heavy atom. The summed E-state index contributed by atoms with van der Waals surface area (Å²) in [6.45, 7) is 0.632. The summed E-state index contributed by atoms with van der Waals surface area (Å²) in [7, 11) is 1.68. The van der Waals surface area contributed by atoms with Crippen LogP contribution in [0, 0.1) is 0 Å². The highest BCUT2D eigenvalue weighted by atomic mass is 16.5. The first-order chi connectivity index (χ1) is 7.40. The Balaban J connectivity index is 2.30. The van der Waals surface area contributed by atoms with Crippen LogP contribution in [0.5, 0.6) is 0 Å². The van der Waals surface area contributed by atoms with E-state index in [4.69, 9.17) is 4.74 Å². The Kier molecular flexibility index (Phi) is 3.10. The number of benzene rings is 1. The molecule has 0 saturated carbocycles. The second kappa shape index (κ2) is 4.71. The van der Waals surface area contributed by atoms with Gasteiger partial charge in [0.2, 0.25) is 0 Å². The predicted octanol–water partition coefficient (Wildman–Crippen LogP) is 2.89. The molecule has 0 saturated heterocycles. The quantitative estimate of drug-likeness (QED) is 0.758. The minimum Gasteiger partial charge on any atom is -0.381 e. The maximum Gasteiger partial charge on any atom is 0.0702 e. The molecule has 0 N–H and O–H groups in total. The zero-order valence-electron chi connectivity index (χ0n) is 8.68. The Morgan fingerprint density at radius 1 is 1.33 bits per heavy atom. The molecule has 2 aromatic rings. The lowest BCUT2D eigenvalue weighted by molar-refractivity contribution is 0.234. The number of fused-ring (bicyclic) bond motifs is 1. The third-order valence-corrected chi connectivity index (χ3v) is 2.18. The number of hydrogen-bond acceptors (Lipinski definition) is 2. The summed E-state index contributed by atoms with van der Waals surface area (Å²) in [4.78, 5) is 4.37. The lowest BCUT2D eigenvalue weighted by Gasteiger charge is -1.98. The molecular weight excluding hydrogens is 186 g/mol. The van der Waals surface area contributed by atoms with E-state index in [1.165, 1.54) is 0 Å². The minimum atomic E-state index is 0.632. The number of hydrogen-bond donors (Lipinski definition) is 0. The monoisotopic (exact) mass is 199 g/mol. The van der Waals surface area contributed by atoms with E-state index in [9.17, 15) is 0 Å². The van der Waals surface area contributed by atoms with Crippen molar-refractivity contribution in [3.63, 3.8) is 0 Å². The number of pyridine rings is 1. The number of aromatic nitrogens is 1. The summed E-state index contributed by atoms with van der Waals surface area (Å²) in [6, 6.07) is 10.2. The lowest BCUT2D eigenvalue weighted by atomic mass is 10.1. The van der Waals surface area contributed by atoms with Gasteiger partial charge in [0.15, 0.2) is 0 Å². The second-order valence-corrected chi connectivity index (χ2v) is 3.32. The van der Waals surface area contributed by atoms with E-state index < -0.39 is 0 Å². The molecule has 0 aliphatic rings. The van der Waals surface area contributed by atoms with Crippen LogP contribution >= 0.6 is 0 Å². The van der Waals surface area contributed by atoms with Crippen molar-refractivity contribution in [2.24, 2.45) is 0 Å². The molecule has 0 aliphatic heterocycles. The largest absolute Gasteiger partial charge is 0.381 e. The Bertz CT molecular complexity index is 477. The molecule has 0 amide bonds. The van der Waals surface area contributed by atoms with Gasteiger partial charge in [0.05, 0.1) is 12.1 Å². The number of rotatable bonds is 3. The fourth-order valence-electron chi connectivity index (χ4n) is 1.46. The molecule has 2 heteroatoms. The molecule has 76 valence electrons. The van der Waals surface area contributed by atoms with Gasteiger partial charge in [-0.1, -0.05) is 30.4 Å². The van der Waals surface area contributed by atoms with E-state index in [0.29, 0.717) is 6.61 Å². The van der Waals surface area contributed by atoms with Crippen molar-refractivity contribution >= 4 is 17.0 Å². The van der Waals surface area contributed by atoms with Gasteiger partial charge in [-0.25, -0.2) is 0 Å². The molecule has 0 radical (unpaired) electrons. The summed E-state index contributed by atoms with van der Waals surface area (Å²) >= 11 is 0. The van der Waals surface area contributed by atoms with E-state index in [0.717, 1.165) is 16.5 Å². The van der Waals surface area contributed by atoms with Crippen LogP contribution in [0.4, 0.5) is 0 Å². The first kappa shape index (κ1) is 9.87. The summed E-state index contributed by atoms with van der Waals surface area (Å²) in [6.07, 6.45) is 5.86. The van der Waals surface area contributed by atoms with Crippen LogP contribution in [0.3, 0.4) is 0 Å². The van der Waals surface area contributed by atoms with E-state index >= 15 is 0 Å². The van der Waals surface area contributed by atoms with Gasteiger partial charge < -0.3 is 4.74 Å². The highest BCUT2D eigenvalue weighted by molar-refractivity contribution is 5.80. The molecule has 0 spiro atoms. The van der Waals surface area contributed by atoms with Crippen molar-refractivity contribution in [3.05, 3.63) is 48.2 Å². The smallest absolute Gasteiger partial charge is 0.0702 e. The number of methoxy groups -OCH3 is 1. The molecule has 1 aromatic carbocycles. The second-order valence-electron chi connectivity index (χ2n) is 3.32. The molecule has 0 bridgehead atoms. The van der Waals surface area contributed by atoms with Gasteiger partial charge in [0.1, 0.15) is 0 Å². The normalized spacial score (nSPS) is 11.3. The zero-order chi connectivity index (χ0) is 10.5.